The van der Waals surface area contributed by atoms with Crippen molar-refractivity contribution >= 4 is 0 Å². The molecule has 3 rings (SSSR count). The number of aromatic nitrogens is 1. The van der Waals surface area contributed by atoms with Gasteiger partial charge in [0.1, 0.15) is 5.82 Å². The molecule has 2 aliphatic heterocycles. The lowest BCUT2D eigenvalue weighted by Gasteiger charge is -2.43. The highest BCUT2D eigenvalue weighted by molar-refractivity contribution is 5.17. The summed E-state index contributed by atoms with van der Waals surface area (Å²) in [6, 6.07) is 3.10. The van der Waals surface area contributed by atoms with Crippen molar-refractivity contribution in [1.82, 2.24) is 4.98 Å². The summed E-state index contributed by atoms with van der Waals surface area (Å²) < 4.78 is 24.5. The maximum atomic E-state index is 13.0. The fraction of sp³-hybridized carbons (Fsp3) is 0.667. The number of halogens is 1. The summed E-state index contributed by atoms with van der Waals surface area (Å²) >= 11 is 0. The summed E-state index contributed by atoms with van der Waals surface area (Å²) in [4.78, 5) is 4.17. The van der Waals surface area contributed by atoms with Crippen molar-refractivity contribution in [3.63, 3.8) is 0 Å². The van der Waals surface area contributed by atoms with E-state index in [9.17, 15) is 4.39 Å². The van der Waals surface area contributed by atoms with E-state index in [0.29, 0.717) is 13.2 Å². The van der Waals surface area contributed by atoms with E-state index in [4.69, 9.17) is 15.2 Å². The van der Waals surface area contributed by atoms with Crippen LogP contribution in [-0.2, 0) is 15.0 Å². The molecule has 5 heteroatoms. The van der Waals surface area contributed by atoms with E-state index >= 15 is 0 Å². The van der Waals surface area contributed by atoms with E-state index in [2.05, 4.69) is 4.98 Å². The Bertz CT molecular complexity index is 469. The monoisotopic (exact) mass is 280 g/mol. The van der Waals surface area contributed by atoms with Crippen molar-refractivity contribution in [1.29, 1.82) is 0 Å². The summed E-state index contributed by atoms with van der Waals surface area (Å²) in [7, 11) is 0. The van der Waals surface area contributed by atoms with E-state index in [1.165, 1.54) is 12.3 Å². The first kappa shape index (κ1) is 13.9. The molecule has 2 aliphatic rings. The molecule has 3 atom stereocenters. The number of pyridine rings is 1. The van der Waals surface area contributed by atoms with Gasteiger partial charge >= 0.3 is 0 Å². The lowest BCUT2D eigenvalue weighted by molar-refractivity contribution is -0.109. The van der Waals surface area contributed by atoms with Gasteiger partial charge in [0.15, 0.2) is 0 Å². The van der Waals surface area contributed by atoms with Gasteiger partial charge in [0.2, 0.25) is 0 Å². The van der Waals surface area contributed by atoms with Crippen molar-refractivity contribution < 1.29 is 13.9 Å². The van der Waals surface area contributed by atoms with E-state index in [1.807, 2.05) is 6.92 Å². The van der Waals surface area contributed by atoms with Gasteiger partial charge in [-0.05, 0) is 37.8 Å². The summed E-state index contributed by atoms with van der Waals surface area (Å²) in [5, 5.41) is 0. The van der Waals surface area contributed by atoms with Gasteiger partial charge in [0.05, 0.1) is 29.6 Å². The zero-order valence-corrected chi connectivity index (χ0v) is 11.8. The van der Waals surface area contributed by atoms with Crippen LogP contribution in [0.15, 0.2) is 18.3 Å². The second-order valence-electron chi connectivity index (χ2n) is 6.17. The molecule has 110 valence electrons. The zero-order valence-electron chi connectivity index (χ0n) is 11.8. The average molecular weight is 280 g/mol. The highest BCUT2D eigenvalue weighted by Gasteiger charge is 2.46. The quantitative estimate of drug-likeness (QED) is 0.900. The Labute approximate surface area is 118 Å². The Morgan fingerprint density at radius 1 is 1.45 bits per heavy atom. The van der Waals surface area contributed by atoms with Crippen molar-refractivity contribution in [2.24, 2.45) is 11.7 Å². The zero-order chi connectivity index (χ0) is 14.2. The SMILES string of the molecule is CC(N)(c1ccc(F)cn1)C1CCOC2(CCOC2)C1. The summed E-state index contributed by atoms with van der Waals surface area (Å²) in [5.41, 5.74) is 6.52. The van der Waals surface area contributed by atoms with Crippen molar-refractivity contribution in [2.45, 2.75) is 37.3 Å². The maximum absolute atomic E-state index is 13.0. The number of hydrogen-bond acceptors (Lipinski definition) is 4. The van der Waals surface area contributed by atoms with Gasteiger partial charge in [-0.1, -0.05) is 0 Å². The van der Waals surface area contributed by atoms with E-state index in [-0.39, 0.29) is 17.3 Å². The van der Waals surface area contributed by atoms with Crippen molar-refractivity contribution in [3.05, 3.63) is 29.8 Å². The molecule has 0 amide bonds. The third kappa shape index (κ3) is 2.45. The van der Waals surface area contributed by atoms with Crippen LogP contribution >= 0.6 is 0 Å². The first-order valence-electron chi connectivity index (χ1n) is 7.14. The largest absolute Gasteiger partial charge is 0.378 e. The van der Waals surface area contributed by atoms with Crippen LogP contribution in [0.5, 0.6) is 0 Å². The number of ether oxygens (including phenoxy) is 2. The lowest BCUT2D eigenvalue weighted by Crippen LogP contribution is -2.50. The number of nitrogens with two attached hydrogens (primary N) is 1. The molecule has 2 saturated heterocycles. The van der Waals surface area contributed by atoms with Crippen LogP contribution in [0, 0.1) is 11.7 Å². The summed E-state index contributed by atoms with van der Waals surface area (Å²) in [6.45, 7) is 4.08. The summed E-state index contributed by atoms with van der Waals surface area (Å²) in [5.74, 6) is -0.0758. The fourth-order valence-electron chi connectivity index (χ4n) is 3.31. The molecule has 0 radical (unpaired) electrons. The van der Waals surface area contributed by atoms with E-state index in [1.54, 1.807) is 6.07 Å². The highest BCUT2D eigenvalue weighted by atomic mass is 19.1. The Balaban J connectivity index is 1.81. The minimum atomic E-state index is -0.576. The molecule has 0 bridgehead atoms. The first-order valence-corrected chi connectivity index (χ1v) is 7.14. The molecule has 3 heterocycles. The predicted octanol–water partition coefficient (Wildman–Crippen LogP) is 1.98. The van der Waals surface area contributed by atoms with E-state index < -0.39 is 5.54 Å². The predicted molar refractivity (Wildman–Crippen MR) is 72.6 cm³/mol. The van der Waals surface area contributed by atoms with Crippen molar-refractivity contribution in [2.75, 3.05) is 19.8 Å². The van der Waals surface area contributed by atoms with Crippen LogP contribution in [-0.4, -0.2) is 30.4 Å². The average Bonchev–Trinajstić information content (AvgIpc) is 2.87. The summed E-state index contributed by atoms with van der Waals surface area (Å²) in [6.07, 6.45) is 3.93. The highest BCUT2D eigenvalue weighted by Crippen LogP contribution is 2.42. The second kappa shape index (κ2) is 5.06. The van der Waals surface area contributed by atoms with Crippen LogP contribution in [0.3, 0.4) is 0 Å². The Kier molecular flexibility index (Phi) is 3.52. The van der Waals surface area contributed by atoms with Crippen LogP contribution in [0.2, 0.25) is 0 Å². The maximum Gasteiger partial charge on any atom is 0.141 e. The third-order valence-corrected chi connectivity index (χ3v) is 4.69. The molecule has 2 fully saturated rings. The van der Waals surface area contributed by atoms with Gasteiger partial charge in [-0.3, -0.25) is 4.98 Å². The first-order chi connectivity index (χ1) is 9.52. The molecule has 3 unspecified atom stereocenters. The Morgan fingerprint density at radius 3 is 2.95 bits per heavy atom. The van der Waals surface area contributed by atoms with Crippen molar-refractivity contribution in [3.8, 4) is 0 Å². The fourth-order valence-corrected chi connectivity index (χ4v) is 3.31. The number of rotatable bonds is 2. The molecule has 20 heavy (non-hydrogen) atoms. The van der Waals surface area contributed by atoms with Crippen LogP contribution in [0.4, 0.5) is 4.39 Å². The topological polar surface area (TPSA) is 57.4 Å². The number of hydrogen-bond donors (Lipinski definition) is 1. The third-order valence-electron chi connectivity index (χ3n) is 4.69. The van der Waals surface area contributed by atoms with Gasteiger partial charge in [-0.2, -0.15) is 0 Å². The molecule has 1 spiro atoms. The Hall–Kier alpha value is -1.04. The molecule has 0 saturated carbocycles. The molecule has 0 aliphatic carbocycles. The standard InChI is InChI=1S/C15H21FN2O2/c1-14(17,13-3-2-12(16)9-18-13)11-4-6-20-15(8-11)5-7-19-10-15/h2-3,9,11H,4-8,10,17H2,1H3. The molecule has 1 aromatic rings. The molecular weight excluding hydrogens is 259 g/mol. The van der Waals surface area contributed by atoms with Gasteiger partial charge in [-0.25, -0.2) is 4.39 Å². The van der Waals surface area contributed by atoms with Gasteiger partial charge in [0.25, 0.3) is 0 Å². The van der Waals surface area contributed by atoms with Crippen LogP contribution < -0.4 is 5.73 Å². The molecule has 4 nitrogen and oxygen atoms in total. The normalized spacial score (nSPS) is 33.2. The molecule has 0 aromatic carbocycles. The minimum Gasteiger partial charge on any atom is -0.378 e. The smallest absolute Gasteiger partial charge is 0.141 e. The van der Waals surface area contributed by atoms with Gasteiger partial charge in [-0.15, -0.1) is 0 Å². The minimum absolute atomic E-state index is 0.177. The molecular formula is C15H21FN2O2. The molecule has 1 aromatic heterocycles. The number of nitrogens with zero attached hydrogens (tertiary/aromatic N) is 1. The molecule has 2 N–H and O–H groups in total. The lowest BCUT2D eigenvalue weighted by atomic mass is 9.73. The van der Waals surface area contributed by atoms with E-state index in [0.717, 1.165) is 31.6 Å². The Morgan fingerprint density at radius 2 is 2.30 bits per heavy atom. The van der Waals surface area contributed by atoms with Gasteiger partial charge < -0.3 is 15.2 Å². The second-order valence-corrected chi connectivity index (χ2v) is 6.17. The van der Waals surface area contributed by atoms with Crippen LogP contribution in [0.1, 0.15) is 31.9 Å². The van der Waals surface area contributed by atoms with Crippen LogP contribution in [0.25, 0.3) is 0 Å². The van der Waals surface area contributed by atoms with Gasteiger partial charge in [0, 0.05) is 19.6 Å².